The number of rotatable bonds is 5. The van der Waals surface area contributed by atoms with Gasteiger partial charge in [0.1, 0.15) is 0 Å². The van der Waals surface area contributed by atoms with Crippen LogP contribution in [0.1, 0.15) is 46.4 Å². The maximum atomic E-state index is 12.5. The van der Waals surface area contributed by atoms with Crippen LogP contribution in [0.4, 0.5) is 0 Å². The third-order valence-corrected chi connectivity index (χ3v) is 5.20. The highest BCUT2D eigenvalue weighted by molar-refractivity contribution is 6.21. The van der Waals surface area contributed by atoms with Gasteiger partial charge in [0.15, 0.2) is 0 Å². The molecule has 1 aliphatic carbocycles. The molecule has 1 aliphatic heterocycles. The molecule has 1 aromatic carbocycles. The van der Waals surface area contributed by atoms with Crippen molar-refractivity contribution in [2.75, 3.05) is 13.2 Å². The van der Waals surface area contributed by atoms with Crippen LogP contribution >= 0.6 is 0 Å². The summed E-state index contributed by atoms with van der Waals surface area (Å²) in [6.07, 6.45) is 6.02. The van der Waals surface area contributed by atoms with Gasteiger partial charge in [-0.1, -0.05) is 31.1 Å². The maximum Gasteiger partial charge on any atom is 0.261 e. The van der Waals surface area contributed by atoms with Gasteiger partial charge in [0.05, 0.1) is 17.7 Å². The van der Waals surface area contributed by atoms with Gasteiger partial charge >= 0.3 is 0 Å². The second kappa shape index (κ2) is 5.69. The number of imide groups is 1. The molecular weight excluding hydrogens is 278 g/mol. The lowest BCUT2D eigenvalue weighted by molar-refractivity contribution is 0.0432. The van der Waals surface area contributed by atoms with Crippen molar-refractivity contribution >= 4 is 11.8 Å². The molecule has 1 unspecified atom stereocenters. The van der Waals surface area contributed by atoms with E-state index in [4.69, 9.17) is 0 Å². The zero-order valence-electron chi connectivity index (χ0n) is 12.6. The second-order valence-corrected chi connectivity index (χ2v) is 6.32. The van der Waals surface area contributed by atoms with E-state index in [0.717, 1.165) is 25.7 Å². The number of nitrogens with zero attached hydrogens (tertiary/aromatic N) is 1. The molecule has 2 aliphatic rings. The van der Waals surface area contributed by atoms with E-state index < -0.39 is 5.41 Å². The maximum absolute atomic E-state index is 12.5. The molecule has 0 spiro atoms. The first-order valence-corrected chi connectivity index (χ1v) is 7.82. The van der Waals surface area contributed by atoms with Crippen molar-refractivity contribution in [1.29, 1.82) is 0 Å². The molecule has 1 aromatic rings. The molecule has 4 nitrogen and oxygen atoms in total. The summed E-state index contributed by atoms with van der Waals surface area (Å²) in [6, 6.07) is 6.88. The molecule has 1 N–H and O–H groups in total. The minimum absolute atomic E-state index is 0.0887. The van der Waals surface area contributed by atoms with E-state index >= 15 is 0 Å². The first-order valence-electron chi connectivity index (χ1n) is 7.82. The van der Waals surface area contributed by atoms with Crippen molar-refractivity contribution in [2.45, 2.75) is 25.7 Å². The van der Waals surface area contributed by atoms with Gasteiger partial charge in [-0.3, -0.25) is 14.5 Å². The van der Waals surface area contributed by atoms with Crippen LogP contribution in [0, 0.1) is 11.3 Å². The summed E-state index contributed by atoms with van der Waals surface area (Å²) in [5, 5.41) is 9.97. The van der Waals surface area contributed by atoms with Crippen molar-refractivity contribution in [3.05, 3.63) is 48.0 Å². The summed E-state index contributed by atoms with van der Waals surface area (Å²) in [4.78, 5) is 26.3. The predicted molar refractivity (Wildman–Crippen MR) is 83.5 cm³/mol. The van der Waals surface area contributed by atoms with Crippen LogP contribution in [-0.2, 0) is 0 Å². The van der Waals surface area contributed by atoms with Gasteiger partial charge in [-0.25, -0.2) is 0 Å². The molecule has 1 saturated carbocycles. The van der Waals surface area contributed by atoms with E-state index in [9.17, 15) is 14.7 Å². The van der Waals surface area contributed by atoms with Crippen LogP contribution in [-0.4, -0.2) is 35.0 Å². The van der Waals surface area contributed by atoms with Crippen LogP contribution in [0.5, 0.6) is 0 Å². The Kier molecular flexibility index (Phi) is 3.87. The zero-order valence-corrected chi connectivity index (χ0v) is 12.6. The number of hydrogen-bond acceptors (Lipinski definition) is 3. The molecule has 0 aromatic heterocycles. The van der Waals surface area contributed by atoms with Gasteiger partial charge in [-0.15, -0.1) is 6.58 Å². The molecule has 22 heavy (non-hydrogen) atoms. The minimum atomic E-state index is -0.593. The molecule has 1 fully saturated rings. The summed E-state index contributed by atoms with van der Waals surface area (Å²) in [5.41, 5.74) is 0.314. The lowest BCUT2D eigenvalue weighted by Crippen LogP contribution is -2.45. The number of benzene rings is 1. The molecule has 3 rings (SSSR count). The average Bonchev–Trinajstić information content (AvgIpc) is 3.17. The third-order valence-electron chi connectivity index (χ3n) is 5.20. The lowest BCUT2D eigenvalue weighted by atomic mass is 9.74. The van der Waals surface area contributed by atoms with Gasteiger partial charge < -0.3 is 5.11 Å². The van der Waals surface area contributed by atoms with Gasteiger partial charge in [-0.05, 0) is 30.9 Å². The largest absolute Gasteiger partial charge is 0.395 e. The van der Waals surface area contributed by atoms with Crippen molar-refractivity contribution in [1.82, 2.24) is 4.90 Å². The summed E-state index contributed by atoms with van der Waals surface area (Å²) in [5.74, 6) is -0.254. The Bertz CT molecular complexity index is 584. The third kappa shape index (κ3) is 2.18. The SMILES string of the molecule is C=CC(CO)(CN1C(=O)c2ccccc2C1=O)C1CCCC1. The van der Waals surface area contributed by atoms with Crippen LogP contribution in [0.15, 0.2) is 36.9 Å². The number of aliphatic hydroxyl groups is 1. The molecule has 4 heteroatoms. The van der Waals surface area contributed by atoms with Crippen molar-refractivity contribution in [2.24, 2.45) is 11.3 Å². The van der Waals surface area contributed by atoms with Crippen LogP contribution in [0.2, 0.25) is 0 Å². The van der Waals surface area contributed by atoms with E-state index in [2.05, 4.69) is 6.58 Å². The smallest absolute Gasteiger partial charge is 0.261 e. The standard InChI is InChI=1S/C18H21NO3/c1-2-18(12-20,13-7-3-4-8-13)11-19-16(21)14-9-5-6-10-15(14)17(19)22/h2,5-6,9-10,13,20H,1,3-4,7-8,11-12H2. The molecule has 116 valence electrons. The van der Waals surface area contributed by atoms with Gasteiger partial charge in [0.2, 0.25) is 0 Å². The average molecular weight is 299 g/mol. The topological polar surface area (TPSA) is 57.6 Å². The Morgan fingerprint density at radius 2 is 1.73 bits per heavy atom. The number of hydrogen-bond donors (Lipinski definition) is 1. The van der Waals surface area contributed by atoms with E-state index in [1.54, 1.807) is 30.3 Å². The number of carbonyl (C=O) groups is 2. The Hall–Kier alpha value is -1.94. The molecule has 0 radical (unpaired) electrons. The molecule has 1 atom stereocenters. The molecule has 1 heterocycles. The van der Waals surface area contributed by atoms with Crippen molar-refractivity contribution in [3.63, 3.8) is 0 Å². The molecule has 0 saturated heterocycles. The van der Waals surface area contributed by atoms with Crippen molar-refractivity contribution in [3.8, 4) is 0 Å². The highest BCUT2D eigenvalue weighted by Crippen LogP contribution is 2.42. The Morgan fingerprint density at radius 1 is 1.18 bits per heavy atom. The summed E-state index contributed by atoms with van der Waals surface area (Å²) < 4.78 is 0. The fourth-order valence-electron chi connectivity index (χ4n) is 3.78. The van der Waals surface area contributed by atoms with Gasteiger partial charge in [-0.2, -0.15) is 0 Å². The van der Waals surface area contributed by atoms with Crippen LogP contribution in [0.3, 0.4) is 0 Å². The Morgan fingerprint density at radius 3 is 2.18 bits per heavy atom. The van der Waals surface area contributed by atoms with Crippen molar-refractivity contribution < 1.29 is 14.7 Å². The molecule has 2 amide bonds. The summed E-state index contributed by atoms with van der Waals surface area (Å²) >= 11 is 0. The summed E-state index contributed by atoms with van der Waals surface area (Å²) in [6.45, 7) is 4.00. The quantitative estimate of drug-likeness (QED) is 0.671. The number of carbonyl (C=O) groups excluding carboxylic acids is 2. The number of aliphatic hydroxyl groups excluding tert-OH is 1. The van der Waals surface area contributed by atoms with E-state index in [-0.39, 0.29) is 30.9 Å². The second-order valence-electron chi connectivity index (χ2n) is 6.32. The lowest BCUT2D eigenvalue weighted by Gasteiger charge is -2.37. The number of fused-ring (bicyclic) bond motifs is 1. The van der Waals surface area contributed by atoms with Gasteiger partial charge in [0, 0.05) is 12.0 Å². The monoisotopic (exact) mass is 299 g/mol. The normalized spacial score (nSPS) is 21.0. The Balaban J connectivity index is 1.90. The predicted octanol–water partition coefficient (Wildman–Crippen LogP) is 2.64. The highest BCUT2D eigenvalue weighted by Gasteiger charge is 2.44. The first-order chi connectivity index (χ1) is 10.6. The molecular formula is C18H21NO3. The van der Waals surface area contributed by atoms with Crippen LogP contribution in [0.25, 0.3) is 0 Å². The van der Waals surface area contributed by atoms with E-state index in [0.29, 0.717) is 11.1 Å². The highest BCUT2D eigenvalue weighted by atomic mass is 16.3. The fourth-order valence-corrected chi connectivity index (χ4v) is 3.78. The Labute approximate surface area is 130 Å². The van der Waals surface area contributed by atoms with E-state index in [1.165, 1.54) is 4.90 Å². The first kappa shape index (κ1) is 15.0. The zero-order chi connectivity index (χ0) is 15.7. The summed E-state index contributed by atoms with van der Waals surface area (Å²) in [7, 11) is 0. The van der Waals surface area contributed by atoms with Gasteiger partial charge in [0.25, 0.3) is 11.8 Å². The minimum Gasteiger partial charge on any atom is -0.395 e. The fraction of sp³-hybridized carbons (Fsp3) is 0.444. The van der Waals surface area contributed by atoms with Crippen LogP contribution < -0.4 is 0 Å². The number of amides is 2. The molecule has 0 bridgehead atoms. The van der Waals surface area contributed by atoms with E-state index in [1.807, 2.05) is 0 Å².